The van der Waals surface area contributed by atoms with Crippen molar-refractivity contribution in [1.82, 2.24) is 14.0 Å². The van der Waals surface area contributed by atoms with E-state index in [9.17, 15) is 9.90 Å². The van der Waals surface area contributed by atoms with E-state index < -0.39 is 0 Å². The van der Waals surface area contributed by atoms with Crippen LogP contribution in [0, 0.1) is 5.41 Å². The Kier molecular flexibility index (Phi) is 5.03. The summed E-state index contributed by atoms with van der Waals surface area (Å²) in [6, 6.07) is 12.9. The van der Waals surface area contributed by atoms with Gasteiger partial charge in [0.25, 0.3) is 5.56 Å². The first-order valence-electron chi connectivity index (χ1n) is 12.0. The highest BCUT2D eigenvalue weighted by Crippen LogP contribution is 2.38. The molecule has 2 aromatic heterocycles. The van der Waals surface area contributed by atoms with E-state index in [4.69, 9.17) is 0 Å². The number of piperidine rings is 1. The van der Waals surface area contributed by atoms with Gasteiger partial charge in [0.2, 0.25) is 5.78 Å². The number of halogens is 1. The lowest BCUT2D eigenvalue weighted by Crippen LogP contribution is -2.40. The summed E-state index contributed by atoms with van der Waals surface area (Å²) < 4.78 is 5.28. The van der Waals surface area contributed by atoms with Gasteiger partial charge in [-0.25, -0.2) is 0 Å². The summed E-state index contributed by atoms with van der Waals surface area (Å²) in [5.74, 6) is 0.746. The molecule has 3 heterocycles. The number of aromatic nitrogens is 3. The predicted octanol–water partition coefficient (Wildman–Crippen LogP) is 5.28. The second-order valence-corrected chi connectivity index (χ2v) is 11.0. The lowest BCUT2D eigenvalue weighted by Gasteiger charge is -2.39. The molecule has 4 aromatic rings. The van der Waals surface area contributed by atoms with Gasteiger partial charge in [0.15, 0.2) is 0 Å². The Morgan fingerprint density at radius 2 is 1.85 bits per heavy atom. The highest BCUT2D eigenvalue weighted by Gasteiger charge is 2.30. The van der Waals surface area contributed by atoms with Crippen molar-refractivity contribution in [2.24, 2.45) is 5.41 Å². The second kappa shape index (κ2) is 7.84. The molecule has 0 amide bonds. The van der Waals surface area contributed by atoms with E-state index in [1.165, 1.54) is 18.5 Å². The van der Waals surface area contributed by atoms with Gasteiger partial charge in [0.05, 0.1) is 21.9 Å². The van der Waals surface area contributed by atoms with Crippen LogP contribution in [-0.2, 0) is 0 Å². The molecule has 0 atom stereocenters. The SMILES string of the molecule is CC1(CO)CCN(c2ccc3c(c2)n(C2CCCC2)c2nc(=O)c4c(Br)cccc4n32)CC1. The third-order valence-corrected chi connectivity index (χ3v) is 8.59. The first kappa shape index (κ1) is 21.2. The molecule has 2 aliphatic rings. The molecule has 2 aromatic carbocycles. The minimum absolute atomic E-state index is 0.0238. The standard InChI is InChI=1S/C26H29BrN4O2/c1-26(16-32)11-13-29(14-12-26)18-9-10-20-22(15-18)30(17-5-2-3-6-17)25-28-24(33)23-19(27)7-4-8-21(23)31(20)25/h4,7-10,15,17,32H,2-3,5-6,11-14,16H2,1H3. The third-order valence-electron chi connectivity index (χ3n) is 7.93. The van der Waals surface area contributed by atoms with E-state index in [1.54, 1.807) is 0 Å². The fourth-order valence-corrected chi connectivity index (χ4v) is 6.32. The molecule has 172 valence electrons. The molecule has 6 rings (SSSR count). The van der Waals surface area contributed by atoms with Gasteiger partial charge < -0.3 is 14.6 Å². The number of rotatable bonds is 3. The van der Waals surface area contributed by atoms with Gasteiger partial charge in [-0.15, -0.1) is 0 Å². The smallest absolute Gasteiger partial charge is 0.283 e. The lowest BCUT2D eigenvalue weighted by atomic mass is 9.81. The number of benzene rings is 2. The molecule has 2 fully saturated rings. The number of aliphatic hydroxyl groups excluding tert-OH is 1. The Hall–Kier alpha value is -2.38. The monoisotopic (exact) mass is 508 g/mol. The Labute approximate surface area is 201 Å². The zero-order chi connectivity index (χ0) is 22.7. The van der Waals surface area contributed by atoms with Gasteiger partial charge in [-0.1, -0.05) is 25.8 Å². The molecule has 1 aliphatic heterocycles. The fraction of sp³-hybridized carbons (Fsp3) is 0.462. The maximum atomic E-state index is 13.1. The Morgan fingerprint density at radius 3 is 2.58 bits per heavy atom. The molecular weight excluding hydrogens is 480 g/mol. The number of hydrogen-bond donors (Lipinski definition) is 1. The van der Waals surface area contributed by atoms with E-state index in [2.05, 4.69) is 59.9 Å². The average molecular weight is 509 g/mol. The van der Waals surface area contributed by atoms with Crippen molar-refractivity contribution in [3.05, 3.63) is 51.2 Å². The number of aliphatic hydroxyl groups is 1. The molecular formula is C26H29BrN4O2. The topological polar surface area (TPSA) is 62.8 Å². The highest BCUT2D eigenvalue weighted by molar-refractivity contribution is 9.10. The summed E-state index contributed by atoms with van der Waals surface area (Å²) in [4.78, 5) is 20.1. The minimum atomic E-state index is -0.181. The number of hydrogen-bond acceptors (Lipinski definition) is 4. The van der Waals surface area contributed by atoms with Crippen LogP contribution in [-0.4, -0.2) is 38.8 Å². The van der Waals surface area contributed by atoms with Crippen LogP contribution in [0.15, 0.2) is 45.7 Å². The van der Waals surface area contributed by atoms with Gasteiger partial charge in [0.1, 0.15) is 0 Å². The predicted molar refractivity (Wildman–Crippen MR) is 136 cm³/mol. The molecule has 0 radical (unpaired) electrons. The second-order valence-electron chi connectivity index (χ2n) is 10.1. The van der Waals surface area contributed by atoms with Crippen LogP contribution in [0.5, 0.6) is 0 Å². The molecule has 1 saturated carbocycles. The summed E-state index contributed by atoms with van der Waals surface area (Å²) >= 11 is 3.56. The van der Waals surface area contributed by atoms with Gasteiger partial charge in [-0.2, -0.15) is 4.98 Å². The normalized spacial score (nSPS) is 19.3. The number of imidazole rings is 1. The van der Waals surface area contributed by atoms with Crippen molar-refractivity contribution >= 4 is 49.3 Å². The molecule has 1 aliphatic carbocycles. The summed E-state index contributed by atoms with van der Waals surface area (Å²) in [6.07, 6.45) is 6.64. The van der Waals surface area contributed by atoms with Crippen LogP contribution < -0.4 is 10.5 Å². The molecule has 7 heteroatoms. The average Bonchev–Trinajstić information content (AvgIpc) is 3.45. The van der Waals surface area contributed by atoms with Crippen molar-refractivity contribution in [2.75, 3.05) is 24.6 Å². The zero-order valence-corrected chi connectivity index (χ0v) is 20.5. The van der Waals surface area contributed by atoms with Crippen molar-refractivity contribution in [3.63, 3.8) is 0 Å². The van der Waals surface area contributed by atoms with Gasteiger partial charge in [0, 0.05) is 35.9 Å². The molecule has 1 N–H and O–H groups in total. The minimum Gasteiger partial charge on any atom is -0.396 e. The maximum absolute atomic E-state index is 13.1. The summed E-state index contributed by atoms with van der Waals surface area (Å²) in [7, 11) is 0. The van der Waals surface area contributed by atoms with Crippen LogP contribution in [0.2, 0.25) is 0 Å². The molecule has 0 spiro atoms. The van der Waals surface area contributed by atoms with E-state index in [-0.39, 0.29) is 17.6 Å². The lowest BCUT2D eigenvalue weighted by molar-refractivity contribution is 0.115. The van der Waals surface area contributed by atoms with Gasteiger partial charge >= 0.3 is 0 Å². The fourth-order valence-electron chi connectivity index (χ4n) is 5.80. The van der Waals surface area contributed by atoms with Crippen LogP contribution in [0.4, 0.5) is 5.69 Å². The Bertz CT molecular complexity index is 1430. The molecule has 1 saturated heterocycles. The summed E-state index contributed by atoms with van der Waals surface area (Å²) in [6.45, 7) is 4.31. The number of fused-ring (bicyclic) bond motifs is 5. The number of nitrogens with zero attached hydrogens (tertiary/aromatic N) is 4. The Morgan fingerprint density at radius 1 is 1.09 bits per heavy atom. The van der Waals surface area contributed by atoms with Gasteiger partial charge in [-0.3, -0.25) is 9.20 Å². The van der Waals surface area contributed by atoms with Crippen molar-refractivity contribution in [2.45, 2.75) is 51.5 Å². The van der Waals surface area contributed by atoms with E-state index in [0.717, 1.165) is 65.6 Å². The van der Waals surface area contributed by atoms with Crippen molar-refractivity contribution in [1.29, 1.82) is 0 Å². The summed E-state index contributed by atoms with van der Waals surface area (Å²) in [5.41, 5.74) is 4.18. The quantitative estimate of drug-likeness (QED) is 0.408. The number of anilines is 1. The first-order chi connectivity index (χ1) is 16.0. The molecule has 0 unspecified atom stereocenters. The van der Waals surface area contributed by atoms with E-state index in [1.807, 2.05) is 18.2 Å². The van der Waals surface area contributed by atoms with Crippen LogP contribution in [0.25, 0.3) is 27.7 Å². The van der Waals surface area contributed by atoms with Gasteiger partial charge in [-0.05, 0) is 77.4 Å². The Balaban J connectivity index is 1.59. The maximum Gasteiger partial charge on any atom is 0.283 e. The molecule has 6 nitrogen and oxygen atoms in total. The van der Waals surface area contributed by atoms with Crippen molar-refractivity contribution in [3.8, 4) is 0 Å². The highest BCUT2D eigenvalue weighted by atomic mass is 79.9. The van der Waals surface area contributed by atoms with Crippen molar-refractivity contribution < 1.29 is 5.11 Å². The zero-order valence-electron chi connectivity index (χ0n) is 18.9. The van der Waals surface area contributed by atoms with E-state index in [0.29, 0.717) is 11.4 Å². The van der Waals surface area contributed by atoms with Crippen LogP contribution in [0.3, 0.4) is 0 Å². The summed E-state index contributed by atoms with van der Waals surface area (Å²) in [5, 5.41) is 10.4. The van der Waals surface area contributed by atoms with E-state index >= 15 is 0 Å². The molecule has 33 heavy (non-hydrogen) atoms. The largest absolute Gasteiger partial charge is 0.396 e. The third kappa shape index (κ3) is 3.31. The van der Waals surface area contributed by atoms with Crippen LogP contribution in [0.1, 0.15) is 51.5 Å². The molecule has 0 bridgehead atoms. The first-order valence-corrected chi connectivity index (χ1v) is 12.8. The van der Waals surface area contributed by atoms with Crippen LogP contribution >= 0.6 is 15.9 Å².